The van der Waals surface area contributed by atoms with Crippen molar-refractivity contribution in [2.75, 3.05) is 32.2 Å². The molecule has 2 aliphatic heterocycles. The van der Waals surface area contributed by atoms with Crippen LogP contribution < -0.4 is 10.1 Å². The lowest BCUT2D eigenvalue weighted by molar-refractivity contribution is -0.116. The molecule has 2 aliphatic rings. The number of carbonyl (C=O) groups excluding carboxylic acids is 2. The van der Waals surface area contributed by atoms with Gasteiger partial charge in [-0.15, -0.1) is 0 Å². The Morgan fingerprint density at radius 2 is 2.17 bits per heavy atom. The summed E-state index contributed by atoms with van der Waals surface area (Å²) in [7, 11) is 1.71. The molecular formula is C23H30N2O4. The first-order chi connectivity index (χ1) is 14.0. The number of rotatable bonds is 7. The summed E-state index contributed by atoms with van der Waals surface area (Å²) in [5.74, 6) is 1.05. The van der Waals surface area contributed by atoms with Crippen molar-refractivity contribution in [2.45, 2.75) is 39.5 Å². The molecule has 1 aromatic rings. The summed E-state index contributed by atoms with van der Waals surface area (Å²) in [6, 6.07) is 4.04. The highest BCUT2D eigenvalue weighted by Gasteiger charge is 2.22. The maximum atomic E-state index is 12.0. The van der Waals surface area contributed by atoms with Crippen molar-refractivity contribution in [3.05, 3.63) is 41.1 Å². The molecule has 0 saturated carbocycles. The molecule has 1 atom stereocenters. The number of hydrogen-bond donors (Lipinski definition) is 1. The van der Waals surface area contributed by atoms with E-state index in [0.717, 1.165) is 53.8 Å². The molecule has 6 nitrogen and oxygen atoms in total. The highest BCUT2D eigenvalue weighted by atomic mass is 16.5. The number of aryl methyl sites for hydroxylation is 1. The van der Waals surface area contributed by atoms with Crippen molar-refractivity contribution >= 4 is 23.6 Å². The predicted octanol–water partition coefficient (Wildman–Crippen LogP) is 3.77. The summed E-state index contributed by atoms with van der Waals surface area (Å²) >= 11 is 0. The van der Waals surface area contributed by atoms with E-state index in [4.69, 9.17) is 9.47 Å². The van der Waals surface area contributed by atoms with Gasteiger partial charge in [0.2, 0.25) is 12.3 Å². The van der Waals surface area contributed by atoms with Crippen LogP contribution in [0.25, 0.3) is 5.57 Å². The van der Waals surface area contributed by atoms with Crippen molar-refractivity contribution in [1.29, 1.82) is 0 Å². The molecule has 1 aromatic carbocycles. The van der Waals surface area contributed by atoms with E-state index < -0.39 is 0 Å². The lowest BCUT2D eigenvalue weighted by Gasteiger charge is -2.25. The van der Waals surface area contributed by atoms with Crippen LogP contribution in [-0.2, 0) is 20.7 Å². The van der Waals surface area contributed by atoms with Crippen LogP contribution in [-0.4, -0.2) is 44.1 Å². The second kappa shape index (κ2) is 9.74. The number of nitrogens with zero attached hydrogens (tertiary/aromatic N) is 1. The Labute approximate surface area is 172 Å². The Bertz CT molecular complexity index is 818. The maximum absolute atomic E-state index is 12.0. The van der Waals surface area contributed by atoms with Gasteiger partial charge in [0, 0.05) is 32.2 Å². The minimum Gasteiger partial charge on any atom is -0.491 e. The lowest BCUT2D eigenvalue weighted by atomic mass is 9.95. The van der Waals surface area contributed by atoms with Gasteiger partial charge in [-0.2, -0.15) is 0 Å². The van der Waals surface area contributed by atoms with Crippen LogP contribution in [0.1, 0.15) is 44.2 Å². The minimum atomic E-state index is 0.0110. The van der Waals surface area contributed by atoms with Crippen LogP contribution in [0, 0.1) is 5.92 Å². The van der Waals surface area contributed by atoms with Crippen LogP contribution in [0.2, 0.25) is 0 Å². The molecule has 1 unspecified atom stereocenters. The average molecular weight is 399 g/mol. The van der Waals surface area contributed by atoms with Gasteiger partial charge in [0.15, 0.2) is 0 Å². The SMILES string of the molecule is CC(C)=C/C(=C\N(C)C=O)c1cc2c(c(OCC3CCCOC3)c1)NC(=O)CC2. The van der Waals surface area contributed by atoms with Gasteiger partial charge in [-0.1, -0.05) is 11.6 Å². The zero-order valence-electron chi connectivity index (χ0n) is 17.5. The van der Waals surface area contributed by atoms with E-state index in [1.54, 1.807) is 7.05 Å². The highest BCUT2D eigenvalue weighted by molar-refractivity contribution is 5.96. The maximum Gasteiger partial charge on any atom is 0.224 e. The summed E-state index contributed by atoms with van der Waals surface area (Å²) < 4.78 is 11.8. The van der Waals surface area contributed by atoms with Gasteiger partial charge in [-0.3, -0.25) is 9.59 Å². The number of hydrogen-bond acceptors (Lipinski definition) is 4. The quantitative estimate of drug-likeness (QED) is 0.561. The van der Waals surface area contributed by atoms with Gasteiger partial charge in [-0.05, 0) is 61.9 Å². The largest absolute Gasteiger partial charge is 0.491 e. The van der Waals surface area contributed by atoms with E-state index in [0.29, 0.717) is 37.7 Å². The normalized spacial score (nSPS) is 19.1. The van der Waals surface area contributed by atoms with Crippen LogP contribution >= 0.6 is 0 Å². The van der Waals surface area contributed by atoms with Crippen molar-refractivity contribution in [2.24, 2.45) is 5.92 Å². The van der Waals surface area contributed by atoms with Crippen molar-refractivity contribution < 1.29 is 19.1 Å². The van der Waals surface area contributed by atoms with Gasteiger partial charge in [0.05, 0.1) is 18.9 Å². The molecule has 1 N–H and O–H groups in total. The minimum absolute atomic E-state index is 0.0110. The van der Waals surface area contributed by atoms with E-state index in [2.05, 4.69) is 11.4 Å². The Kier molecular flexibility index (Phi) is 7.09. The number of fused-ring (bicyclic) bond motifs is 1. The van der Waals surface area contributed by atoms with Gasteiger partial charge in [-0.25, -0.2) is 0 Å². The van der Waals surface area contributed by atoms with Gasteiger partial charge in [0.1, 0.15) is 5.75 Å². The summed E-state index contributed by atoms with van der Waals surface area (Å²) in [6.45, 7) is 6.13. The van der Waals surface area contributed by atoms with Crippen molar-refractivity contribution in [1.82, 2.24) is 4.90 Å². The Balaban J connectivity index is 1.96. The van der Waals surface area contributed by atoms with Crippen LogP contribution in [0.3, 0.4) is 0 Å². The van der Waals surface area contributed by atoms with E-state index in [1.807, 2.05) is 32.2 Å². The molecule has 0 radical (unpaired) electrons. The molecule has 1 saturated heterocycles. The standard InChI is InChI=1S/C23H30N2O4/c1-16(2)9-20(12-25(3)15-26)19-10-18-6-7-22(27)24-23(18)21(11-19)29-14-17-5-4-8-28-13-17/h9-12,15,17H,4-8,13-14H2,1-3H3,(H,24,27)/b20-12+. The first-order valence-corrected chi connectivity index (χ1v) is 10.2. The molecule has 0 bridgehead atoms. The van der Waals surface area contributed by atoms with E-state index in [-0.39, 0.29) is 5.91 Å². The van der Waals surface area contributed by atoms with E-state index >= 15 is 0 Å². The third-order valence-corrected chi connectivity index (χ3v) is 5.09. The van der Waals surface area contributed by atoms with E-state index in [1.165, 1.54) is 4.90 Å². The number of ether oxygens (including phenoxy) is 2. The summed E-state index contributed by atoms with van der Waals surface area (Å²) in [4.78, 5) is 24.6. The topological polar surface area (TPSA) is 67.9 Å². The molecule has 6 heteroatoms. The molecule has 29 heavy (non-hydrogen) atoms. The summed E-state index contributed by atoms with van der Waals surface area (Å²) in [5.41, 5.74) is 4.83. The van der Waals surface area contributed by atoms with Crippen molar-refractivity contribution in [3.8, 4) is 5.75 Å². The second-order valence-corrected chi connectivity index (χ2v) is 8.03. The fourth-order valence-electron chi connectivity index (χ4n) is 3.65. The Morgan fingerprint density at radius 1 is 1.34 bits per heavy atom. The monoisotopic (exact) mass is 398 g/mol. The molecule has 2 heterocycles. The Morgan fingerprint density at radius 3 is 2.86 bits per heavy atom. The van der Waals surface area contributed by atoms with Crippen molar-refractivity contribution in [3.63, 3.8) is 0 Å². The molecule has 0 aromatic heterocycles. The zero-order chi connectivity index (χ0) is 20.8. The third-order valence-electron chi connectivity index (χ3n) is 5.09. The summed E-state index contributed by atoms with van der Waals surface area (Å²) in [5, 5.41) is 2.98. The molecule has 0 spiro atoms. The number of amides is 2. The fourth-order valence-corrected chi connectivity index (χ4v) is 3.65. The zero-order valence-corrected chi connectivity index (χ0v) is 17.5. The first kappa shape index (κ1) is 21.1. The van der Waals surface area contributed by atoms with Crippen LogP contribution in [0.4, 0.5) is 5.69 Å². The number of allylic oxidation sites excluding steroid dienone is 3. The number of nitrogens with one attached hydrogen (secondary N) is 1. The van der Waals surface area contributed by atoms with E-state index in [9.17, 15) is 9.59 Å². The molecule has 156 valence electrons. The molecule has 1 fully saturated rings. The number of benzene rings is 1. The molecular weight excluding hydrogens is 368 g/mol. The second-order valence-electron chi connectivity index (χ2n) is 8.03. The summed E-state index contributed by atoms with van der Waals surface area (Å²) in [6.07, 6.45) is 7.89. The third kappa shape index (κ3) is 5.70. The number of anilines is 1. The fraction of sp³-hybridized carbons (Fsp3) is 0.478. The first-order valence-electron chi connectivity index (χ1n) is 10.2. The lowest BCUT2D eigenvalue weighted by Crippen LogP contribution is -2.24. The highest BCUT2D eigenvalue weighted by Crippen LogP contribution is 2.37. The van der Waals surface area contributed by atoms with Crippen LogP contribution in [0.15, 0.2) is 30.0 Å². The predicted molar refractivity (Wildman–Crippen MR) is 114 cm³/mol. The van der Waals surface area contributed by atoms with Gasteiger partial charge >= 0.3 is 0 Å². The molecule has 0 aliphatic carbocycles. The number of carbonyl (C=O) groups is 2. The van der Waals surface area contributed by atoms with Gasteiger partial charge in [0.25, 0.3) is 0 Å². The van der Waals surface area contributed by atoms with Gasteiger partial charge < -0.3 is 19.7 Å². The Hall–Kier alpha value is -2.60. The van der Waals surface area contributed by atoms with Crippen LogP contribution in [0.5, 0.6) is 5.75 Å². The molecule has 3 rings (SSSR count). The average Bonchev–Trinajstić information content (AvgIpc) is 2.71. The smallest absolute Gasteiger partial charge is 0.224 e. The molecule has 2 amide bonds.